The van der Waals surface area contributed by atoms with Gasteiger partial charge in [0.15, 0.2) is 0 Å². The average Bonchev–Trinajstić information content (AvgIpc) is 2.14. The molecule has 3 heteroatoms. The summed E-state index contributed by atoms with van der Waals surface area (Å²) in [6, 6.07) is 0. The Morgan fingerprint density at radius 2 is 2.00 bits per heavy atom. The van der Waals surface area contributed by atoms with Crippen molar-refractivity contribution in [2.45, 2.75) is 26.7 Å². The van der Waals surface area contributed by atoms with Crippen molar-refractivity contribution < 1.29 is 26.2 Å². The summed E-state index contributed by atoms with van der Waals surface area (Å²) in [6.45, 7) is 4.31. The van der Waals surface area contributed by atoms with Gasteiger partial charge in [0, 0.05) is 26.2 Å². The van der Waals surface area contributed by atoms with Gasteiger partial charge in [-0.05, 0) is 0 Å². The molecule has 1 aliphatic rings. The van der Waals surface area contributed by atoms with Crippen LogP contribution in [0, 0.1) is 6.08 Å². The maximum atomic E-state index is 3.24. The minimum Gasteiger partial charge on any atom is -0.269 e. The van der Waals surface area contributed by atoms with E-state index in [9.17, 15) is 0 Å². The maximum absolute atomic E-state index is 3.24. The molecular formula is C8H13Cl2Zr-. The van der Waals surface area contributed by atoms with Gasteiger partial charge in [0.1, 0.15) is 0 Å². The Kier molecular flexibility index (Phi) is 14.7. The first-order chi connectivity index (χ1) is 3.84. The molecule has 0 fully saturated rings. The van der Waals surface area contributed by atoms with Gasteiger partial charge in [0.25, 0.3) is 0 Å². The van der Waals surface area contributed by atoms with Gasteiger partial charge in [0.2, 0.25) is 0 Å². The van der Waals surface area contributed by atoms with E-state index in [1.54, 1.807) is 0 Å². The fraction of sp³-hybridized carbons (Fsp3) is 0.500. The summed E-state index contributed by atoms with van der Waals surface area (Å²) in [5.41, 5.74) is 2.83. The van der Waals surface area contributed by atoms with Crippen molar-refractivity contribution in [3.8, 4) is 0 Å². The molecule has 0 N–H and O–H groups in total. The third kappa shape index (κ3) is 5.22. The maximum Gasteiger partial charge on any atom is 0 e. The molecule has 0 radical (unpaired) electrons. The van der Waals surface area contributed by atoms with Crippen LogP contribution in [0.15, 0.2) is 17.2 Å². The van der Waals surface area contributed by atoms with Crippen molar-refractivity contribution in [2.24, 2.45) is 0 Å². The molecule has 0 aliphatic heterocycles. The van der Waals surface area contributed by atoms with Crippen LogP contribution in [0.2, 0.25) is 0 Å². The number of halogens is 2. The van der Waals surface area contributed by atoms with Crippen molar-refractivity contribution >= 4 is 24.8 Å². The zero-order valence-electron chi connectivity index (χ0n) is 6.81. The van der Waals surface area contributed by atoms with Crippen molar-refractivity contribution in [3.63, 3.8) is 0 Å². The molecule has 0 unspecified atom stereocenters. The average molecular weight is 271 g/mol. The molecule has 0 aromatic heterocycles. The molecule has 0 saturated heterocycles. The molecule has 0 spiro atoms. The summed E-state index contributed by atoms with van der Waals surface area (Å²) in [7, 11) is 0. The fourth-order valence-corrected chi connectivity index (χ4v) is 1.00. The van der Waals surface area contributed by atoms with Crippen LogP contribution in [-0.2, 0) is 26.2 Å². The Balaban J connectivity index is -0.000000213. The van der Waals surface area contributed by atoms with Gasteiger partial charge in [-0.1, -0.05) is 20.3 Å². The minimum atomic E-state index is 0. The van der Waals surface area contributed by atoms with Crippen molar-refractivity contribution in [2.75, 3.05) is 0 Å². The van der Waals surface area contributed by atoms with E-state index < -0.39 is 0 Å². The van der Waals surface area contributed by atoms with Gasteiger partial charge in [-0.25, -0.2) is 5.57 Å². The van der Waals surface area contributed by atoms with E-state index in [-0.39, 0.29) is 51.0 Å². The van der Waals surface area contributed by atoms with Crippen LogP contribution in [0.3, 0.4) is 0 Å². The number of rotatable bonds is 1. The van der Waals surface area contributed by atoms with Crippen LogP contribution in [0.1, 0.15) is 26.7 Å². The Bertz CT molecular complexity index is 150. The van der Waals surface area contributed by atoms with Crippen LogP contribution in [0.25, 0.3) is 0 Å². The molecule has 0 amide bonds. The molecular weight excluding hydrogens is 258 g/mol. The summed E-state index contributed by atoms with van der Waals surface area (Å²) in [5, 5.41) is 0. The van der Waals surface area contributed by atoms with Crippen molar-refractivity contribution in [1.82, 2.24) is 0 Å². The molecule has 1 rings (SSSR count). The van der Waals surface area contributed by atoms with Gasteiger partial charge in [-0.15, -0.1) is 31.2 Å². The van der Waals surface area contributed by atoms with E-state index in [0.29, 0.717) is 0 Å². The third-order valence-electron chi connectivity index (χ3n) is 1.58. The van der Waals surface area contributed by atoms with Gasteiger partial charge < -0.3 is 0 Å². The first-order valence-corrected chi connectivity index (χ1v) is 3.11. The second kappa shape index (κ2) is 9.03. The van der Waals surface area contributed by atoms with Crippen LogP contribution in [-0.4, -0.2) is 0 Å². The topological polar surface area (TPSA) is 0 Å². The largest absolute Gasteiger partial charge is 0.269 e. The Hall–Kier alpha value is 0.943. The van der Waals surface area contributed by atoms with Crippen LogP contribution < -0.4 is 0 Å². The predicted octanol–water partition coefficient (Wildman–Crippen LogP) is 3.32. The SMILES string of the molecule is CCC1=CC[C-]=C1C.Cl.Cl.[Zr]. The first-order valence-electron chi connectivity index (χ1n) is 3.11. The van der Waals surface area contributed by atoms with Crippen LogP contribution >= 0.6 is 24.8 Å². The van der Waals surface area contributed by atoms with E-state index in [1.807, 2.05) is 0 Å². The van der Waals surface area contributed by atoms with E-state index in [1.165, 1.54) is 17.6 Å². The number of hydrogen-bond acceptors (Lipinski definition) is 0. The zero-order valence-corrected chi connectivity index (χ0v) is 10.9. The van der Waals surface area contributed by atoms with Crippen molar-refractivity contribution in [3.05, 3.63) is 23.3 Å². The predicted molar refractivity (Wildman–Crippen MR) is 49.9 cm³/mol. The van der Waals surface area contributed by atoms with Gasteiger partial charge in [0.05, 0.1) is 0 Å². The molecule has 0 aromatic carbocycles. The smallest absolute Gasteiger partial charge is 0 e. The van der Waals surface area contributed by atoms with E-state index >= 15 is 0 Å². The fourth-order valence-electron chi connectivity index (χ4n) is 1.00. The van der Waals surface area contributed by atoms with Crippen LogP contribution in [0.4, 0.5) is 0 Å². The minimum absolute atomic E-state index is 0. The quantitative estimate of drug-likeness (QED) is 0.642. The number of hydrogen-bond donors (Lipinski definition) is 0. The Morgan fingerprint density at radius 1 is 1.45 bits per heavy atom. The summed E-state index contributed by atoms with van der Waals surface area (Å²) in [4.78, 5) is 0. The van der Waals surface area contributed by atoms with Crippen molar-refractivity contribution in [1.29, 1.82) is 0 Å². The summed E-state index contributed by atoms with van der Waals surface area (Å²) in [6.07, 6.45) is 7.69. The molecule has 0 aromatic rings. The van der Waals surface area contributed by atoms with E-state index in [2.05, 4.69) is 26.0 Å². The van der Waals surface area contributed by atoms with Gasteiger partial charge in [-0.2, -0.15) is 11.6 Å². The second-order valence-electron chi connectivity index (χ2n) is 2.09. The van der Waals surface area contributed by atoms with Gasteiger partial charge in [-0.3, -0.25) is 6.08 Å². The summed E-state index contributed by atoms with van der Waals surface area (Å²) >= 11 is 0. The third-order valence-corrected chi connectivity index (χ3v) is 1.58. The molecule has 0 atom stereocenters. The molecule has 0 bridgehead atoms. The summed E-state index contributed by atoms with van der Waals surface area (Å²) < 4.78 is 0. The number of allylic oxidation sites excluding steroid dienone is 4. The molecule has 1 aliphatic carbocycles. The molecule has 64 valence electrons. The monoisotopic (exact) mass is 269 g/mol. The Labute approximate surface area is 100 Å². The molecule has 0 saturated carbocycles. The van der Waals surface area contributed by atoms with E-state index in [0.717, 1.165) is 6.42 Å². The molecule has 0 nitrogen and oxygen atoms in total. The van der Waals surface area contributed by atoms with Crippen LogP contribution in [0.5, 0.6) is 0 Å². The Morgan fingerprint density at radius 3 is 2.18 bits per heavy atom. The molecule has 0 heterocycles. The summed E-state index contributed by atoms with van der Waals surface area (Å²) in [5.74, 6) is 0. The van der Waals surface area contributed by atoms with Gasteiger partial charge >= 0.3 is 0 Å². The first kappa shape index (κ1) is 17.9. The van der Waals surface area contributed by atoms with E-state index in [4.69, 9.17) is 0 Å². The normalized spacial score (nSPS) is 13.3. The zero-order chi connectivity index (χ0) is 5.98. The standard InChI is InChI=1S/C8H11.2ClH.Zr/c1-3-8-6-4-5-7(8)2;;;/h6H,3-4H2,1-2H3;2*1H;/q-1;;;. The second-order valence-corrected chi connectivity index (χ2v) is 2.09. The molecule has 11 heavy (non-hydrogen) atoms.